The second kappa shape index (κ2) is 4.15. The number of hydrogen-bond donors (Lipinski definition) is 2. The number of aromatic nitrogens is 4. The van der Waals surface area contributed by atoms with E-state index < -0.39 is 0 Å². The largest absolute Gasteiger partial charge is 0.347 e. The van der Waals surface area contributed by atoms with Crippen molar-refractivity contribution in [3.8, 4) is 0 Å². The molecule has 0 atom stereocenters. The number of nitrogen functional groups attached to an aromatic ring is 1. The Morgan fingerprint density at radius 2 is 2.40 bits per heavy atom. The molecule has 0 saturated heterocycles. The lowest BCUT2D eigenvalue weighted by Gasteiger charge is -1.98. The number of hydrazine groups is 1. The van der Waals surface area contributed by atoms with Gasteiger partial charge in [-0.3, -0.25) is 9.99 Å². The van der Waals surface area contributed by atoms with Crippen LogP contribution in [-0.4, -0.2) is 19.7 Å². The van der Waals surface area contributed by atoms with E-state index in [9.17, 15) is 4.79 Å². The minimum atomic E-state index is -0.310. The smallest absolute Gasteiger partial charge is 0.298 e. The van der Waals surface area contributed by atoms with Gasteiger partial charge in [-0.2, -0.15) is 0 Å². The quantitative estimate of drug-likeness (QED) is 0.535. The summed E-state index contributed by atoms with van der Waals surface area (Å²) in [5, 5.41) is 8.83. The molecule has 7 nitrogen and oxygen atoms in total. The molecular weight excluding hydrogens is 216 g/mol. The highest BCUT2D eigenvalue weighted by atomic mass is 32.1. The summed E-state index contributed by atoms with van der Waals surface area (Å²) in [6.45, 7) is 0.353. The van der Waals surface area contributed by atoms with Crippen LogP contribution >= 0.6 is 11.3 Å². The van der Waals surface area contributed by atoms with Gasteiger partial charge in [-0.25, -0.2) is 15.6 Å². The van der Waals surface area contributed by atoms with Gasteiger partial charge in [-0.15, -0.1) is 10.2 Å². The maximum absolute atomic E-state index is 11.3. The maximum Gasteiger partial charge on any atom is 0.347 e. The van der Waals surface area contributed by atoms with Crippen LogP contribution in [0.3, 0.4) is 0 Å². The lowest BCUT2D eigenvalue weighted by molar-refractivity contribution is 0.715. The van der Waals surface area contributed by atoms with Crippen LogP contribution < -0.4 is 17.0 Å². The summed E-state index contributed by atoms with van der Waals surface area (Å²) in [4.78, 5) is 14.9. The third-order valence-electron chi connectivity index (χ3n) is 1.68. The van der Waals surface area contributed by atoms with Gasteiger partial charge in [0.2, 0.25) is 5.13 Å². The summed E-state index contributed by atoms with van der Waals surface area (Å²) in [6.07, 6.45) is 3.10. The van der Waals surface area contributed by atoms with Crippen molar-refractivity contribution >= 4 is 16.5 Å². The lowest BCUT2D eigenvalue weighted by Crippen LogP contribution is -2.21. The molecule has 0 unspecified atom stereocenters. The number of nitrogens with zero attached hydrogens (tertiary/aromatic N) is 4. The van der Waals surface area contributed by atoms with Crippen molar-refractivity contribution in [3.05, 3.63) is 34.0 Å². The molecule has 0 bridgehead atoms. The second-order valence-electron chi connectivity index (χ2n) is 2.68. The maximum atomic E-state index is 11.3. The zero-order valence-electron chi connectivity index (χ0n) is 7.62. The van der Waals surface area contributed by atoms with E-state index in [1.807, 2.05) is 0 Å². The van der Waals surface area contributed by atoms with E-state index in [4.69, 9.17) is 5.84 Å². The molecular formula is C7H8N6OS. The molecule has 0 fully saturated rings. The lowest BCUT2D eigenvalue weighted by atomic mass is 10.6. The predicted octanol–water partition coefficient (Wildman–Crippen LogP) is -0.571. The van der Waals surface area contributed by atoms with E-state index in [-0.39, 0.29) is 5.69 Å². The fourth-order valence-corrected chi connectivity index (χ4v) is 1.68. The van der Waals surface area contributed by atoms with Crippen LogP contribution in [-0.2, 0) is 6.54 Å². The van der Waals surface area contributed by atoms with Gasteiger partial charge in [0, 0.05) is 12.4 Å². The van der Waals surface area contributed by atoms with Crippen molar-refractivity contribution in [2.45, 2.75) is 6.54 Å². The second-order valence-corrected chi connectivity index (χ2v) is 3.74. The van der Waals surface area contributed by atoms with Crippen molar-refractivity contribution in [1.29, 1.82) is 0 Å². The van der Waals surface area contributed by atoms with Gasteiger partial charge < -0.3 is 0 Å². The van der Waals surface area contributed by atoms with E-state index in [1.54, 1.807) is 12.3 Å². The first-order chi connectivity index (χ1) is 7.29. The minimum absolute atomic E-state index is 0.310. The summed E-state index contributed by atoms with van der Waals surface area (Å²) < 4.78 is 1.45. The number of nitrogens with two attached hydrogens (primary N) is 1. The normalized spacial score (nSPS) is 10.2. The predicted molar refractivity (Wildman–Crippen MR) is 55.3 cm³/mol. The van der Waals surface area contributed by atoms with Crippen molar-refractivity contribution in [2.24, 2.45) is 5.84 Å². The van der Waals surface area contributed by atoms with Crippen LogP contribution in [0.2, 0.25) is 0 Å². The SMILES string of the molecule is NNc1nnc(Cn2cccnc2=O)s1. The standard InChI is InChI=1S/C7H8N6OS/c8-10-6-12-11-5(15-6)4-13-3-1-2-9-7(13)14/h1-3H,4,8H2,(H,10,12). The van der Waals surface area contributed by atoms with Gasteiger partial charge in [0.1, 0.15) is 5.01 Å². The van der Waals surface area contributed by atoms with Crippen LogP contribution in [0.1, 0.15) is 5.01 Å². The van der Waals surface area contributed by atoms with Gasteiger partial charge in [0.15, 0.2) is 0 Å². The Balaban J connectivity index is 2.22. The number of hydrogen-bond acceptors (Lipinski definition) is 7. The average Bonchev–Trinajstić information content (AvgIpc) is 2.69. The first kappa shape index (κ1) is 9.74. The highest BCUT2D eigenvalue weighted by Crippen LogP contribution is 2.13. The topological polar surface area (TPSA) is 98.7 Å². The molecule has 0 spiro atoms. The minimum Gasteiger partial charge on any atom is -0.298 e. The highest BCUT2D eigenvalue weighted by Gasteiger charge is 2.04. The van der Waals surface area contributed by atoms with E-state index in [0.29, 0.717) is 16.7 Å². The Labute approximate surface area is 88.6 Å². The van der Waals surface area contributed by atoms with Gasteiger partial charge >= 0.3 is 5.69 Å². The fraction of sp³-hybridized carbons (Fsp3) is 0.143. The van der Waals surface area contributed by atoms with Crippen LogP contribution in [0.15, 0.2) is 23.3 Å². The first-order valence-corrected chi connectivity index (χ1v) is 4.91. The molecule has 2 rings (SSSR count). The summed E-state index contributed by atoms with van der Waals surface area (Å²) in [5.74, 6) is 5.16. The Morgan fingerprint density at radius 3 is 3.07 bits per heavy atom. The summed E-state index contributed by atoms with van der Waals surface area (Å²) in [7, 11) is 0. The molecule has 0 amide bonds. The zero-order valence-corrected chi connectivity index (χ0v) is 8.44. The molecule has 2 aromatic heterocycles. The molecule has 0 aliphatic carbocycles. The number of nitrogens with one attached hydrogen (secondary N) is 1. The van der Waals surface area contributed by atoms with Crippen molar-refractivity contribution in [2.75, 3.05) is 5.43 Å². The highest BCUT2D eigenvalue weighted by molar-refractivity contribution is 7.15. The molecule has 15 heavy (non-hydrogen) atoms. The third-order valence-corrected chi connectivity index (χ3v) is 2.52. The van der Waals surface area contributed by atoms with Crippen LogP contribution in [0, 0.1) is 0 Å². The summed E-state index contributed by atoms with van der Waals surface area (Å²) >= 11 is 1.29. The van der Waals surface area contributed by atoms with Crippen LogP contribution in [0.4, 0.5) is 5.13 Å². The molecule has 78 valence electrons. The molecule has 8 heteroatoms. The van der Waals surface area contributed by atoms with Gasteiger partial charge in [-0.05, 0) is 6.07 Å². The molecule has 0 aromatic carbocycles. The van der Waals surface area contributed by atoms with E-state index >= 15 is 0 Å². The fourth-order valence-electron chi connectivity index (χ4n) is 1.03. The number of rotatable bonds is 3. The van der Waals surface area contributed by atoms with Gasteiger partial charge in [0.05, 0.1) is 6.54 Å². The monoisotopic (exact) mass is 224 g/mol. The molecule has 2 aromatic rings. The molecule has 0 aliphatic heterocycles. The molecule has 0 radical (unpaired) electrons. The van der Waals surface area contributed by atoms with E-state index in [0.717, 1.165) is 0 Å². The van der Waals surface area contributed by atoms with Crippen LogP contribution in [0.5, 0.6) is 0 Å². The van der Waals surface area contributed by atoms with Crippen molar-refractivity contribution in [1.82, 2.24) is 19.7 Å². The zero-order chi connectivity index (χ0) is 10.7. The summed E-state index contributed by atoms with van der Waals surface area (Å²) in [5.41, 5.74) is 2.08. The van der Waals surface area contributed by atoms with Gasteiger partial charge in [-0.1, -0.05) is 11.3 Å². The third kappa shape index (κ3) is 2.17. The van der Waals surface area contributed by atoms with Crippen molar-refractivity contribution in [3.63, 3.8) is 0 Å². The van der Waals surface area contributed by atoms with E-state index in [2.05, 4.69) is 20.6 Å². The molecule has 3 N–H and O–H groups in total. The first-order valence-electron chi connectivity index (χ1n) is 4.10. The van der Waals surface area contributed by atoms with Crippen molar-refractivity contribution < 1.29 is 0 Å². The van der Waals surface area contributed by atoms with Gasteiger partial charge in [0.25, 0.3) is 0 Å². The Bertz CT molecular complexity index is 506. The van der Waals surface area contributed by atoms with E-state index in [1.165, 1.54) is 22.1 Å². The Hall–Kier alpha value is -1.80. The molecule has 0 saturated carbocycles. The summed E-state index contributed by atoms with van der Waals surface area (Å²) in [6, 6.07) is 1.69. The average molecular weight is 224 g/mol. The molecule has 2 heterocycles. The Morgan fingerprint density at radius 1 is 1.53 bits per heavy atom. The van der Waals surface area contributed by atoms with Crippen LogP contribution in [0.25, 0.3) is 0 Å². The molecule has 0 aliphatic rings. The Kier molecular flexibility index (Phi) is 2.70. The number of anilines is 1.